The molecular formula is C19H22N4O5. The van der Waals surface area contributed by atoms with E-state index < -0.39 is 17.9 Å². The van der Waals surface area contributed by atoms with Gasteiger partial charge in [-0.15, -0.1) is 0 Å². The first-order chi connectivity index (χ1) is 13.5. The molecule has 2 heterocycles. The predicted octanol–water partition coefficient (Wildman–Crippen LogP) is 0.519. The molecule has 2 N–H and O–H groups in total. The molecule has 0 radical (unpaired) electrons. The number of aliphatic carboxylic acids is 1. The average Bonchev–Trinajstić information content (AvgIpc) is 3.10. The van der Waals surface area contributed by atoms with Crippen LogP contribution < -0.4 is 5.32 Å². The van der Waals surface area contributed by atoms with E-state index >= 15 is 0 Å². The van der Waals surface area contributed by atoms with Gasteiger partial charge in [0.05, 0.1) is 25.3 Å². The van der Waals surface area contributed by atoms with Crippen molar-refractivity contribution >= 4 is 17.8 Å². The Morgan fingerprint density at radius 2 is 1.89 bits per heavy atom. The maximum absolute atomic E-state index is 12.6. The van der Waals surface area contributed by atoms with E-state index in [1.165, 1.54) is 4.68 Å². The van der Waals surface area contributed by atoms with Gasteiger partial charge < -0.3 is 20.1 Å². The molecule has 9 nitrogen and oxygen atoms in total. The third-order valence-corrected chi connectivity index (χ3v) is 4.53. The first-order valence-electron chi connectivity index (χ1n) is 8.94. The number of benzene rings is 1. The minimum Gasteiger partial charge on any atom is -0.480 e. The molecule has 0 saturated carbocycles. The molecular weight excluding hydrogens is 364 g/mol. The molecule has 2 amide bonds. The second kappa shape index (κ2) is 8.66. The Morgan fingerprint density at radius 1 is 1.21 bits per heavy atom. The Hall–Kier alpha value is -3.20. The van der Waals surface area contributed by atoms with Crippen LogP contribution in [0.2, 0.25) is 0 Å². The summed E-state index contributed by atoms with van der Waals surface area (Å²) in [7, 11) is 1.61. The second-order valence-electron chi connectivity index (χ2n) is 6.47. The lowest BCUT2D eigenvalue weighted by Gasteiger charge is -2.28. The van der Waals surface area contributed by atoms with Gasteiger partial charge in [-0.3, -0.25) is 14.3 Å². The highest BCUT2D eigenvalue weighted by molar-refractivity contribution is 5.97. The number of morpholine rings is 1. The molecule has 1 aliphatic heterocycles. The predicted molar refractivity (Wildman–Crippen MR) is 99.6 cm³/mol. The Morgan fingerprint density at radius 3 is 2.54 bits per heavy atom. The van der Waals surface area contributed by atoms with Gasteiger partial charge in [0.25, 0.3) is 5.91 Å². The minimum absolute atomic E-state index is 0.212. The van der Waals surface area contributed by atoms with Crippen LogP contribution in [0.5, 0.6) is 0 Å². The molecule has 1 aromatic carbocycles. The third kappa shape index (κ3) is 4.55. The number of carbonyl (C=O) groups excluding carboxylic acids is 2. The molecule has 0 aliphatic carbocycles. The van der Waals surface area contributed by atoms with Gasteiger partial charge in [-0.25, -0.2) is 4.79 Å². The minimum atomic E-state index is -1.32. The van der Waals surface area contributed by atoms with Gasteiger partial charge in [-0.1, -0.05) is 30.3 Å². The monoisotopic (exact) mass is 386 g/mol. The van der Waals surface area contributed by atoms with Gasteiger partial charge in [0, 0.05) is 25.7 Å². The molecule has 1 atom stereocenters. The number of hydrogen-bond donors (Lipinski definition) is 2. The van der Waals surface area contributed by atoms with Crippen LogP contribution >= 0.6 is 0 Å². The van der Waals surface area contributed by atoms with Gasteiger partial charge in [-0.05, 0) is 6.07 Å². The normalized spacial score (nSPS) is 15.1. The number of ether oxygens (including phenoxy) is 1. The van der Waals surface area contributed by atoms with Crippen LogP contribution in [0.4, 0.5) is 0 Å². The summed E-state index contributed by atoms with van der Waals surface area (Å²) in [6, 6.07) is 9.60. The summed E-state index contributed by atoms with van der Waals surface area (Å²) in [5.74, 6) is -2.19. The van der Waals surface area contributed by atoms with E-state index in [9.17, 15) is 19.5 Å². The smallest absolute Gasteiger partial charge is 0.326 e. The topological polar surface area (TPSA) is 114 Å². The zero-order valence-corrected chi connectivity index (χ0v) is 15.5. The van der Waals surface area contributed by atoms with Gasteiger partial charge in [0.2, 0.25) is 5.91 Å². The van der Waals surface area contributed by atoms with Crippen LogP contribution in [0.25, 0.3) is 11.3 Å². The number of aryl methyl sites for hydroxylation is 1. The molecule has 0 unspecified atom stereocenters. The fraction of sp³-hybridized carbons (Fsp3) is 0.368. The Balaban J connectivity index is 1.70. The van der Waals surface area contributed by atoms with Crippen molar-refractivity contribution in [2.24, 2.45) is 7.05 Å². The lowest BCUT2D eigenvalue weighted by molar-refractivity contribution is -0.144. The fourth-order valence-corrected chi connectivity index (χ4v) is 2.98. The zero-order valence-electron chi connectivity index (χ0n) is 15.5. The van der Waals surface area contributed by atoms with E-state index in [1.54, 1.807) is 18.0 Å². The van der Waals surface area contributed by atoms with Crippen LogP contribution in [-0.2, 0) is 21.4 Å². The zero-order chi connectivity index (χ0) is 20.1. The number of rotatable bonds is 6. The summed E-state index contributed by atoms with van der Waals surface area (Å²) in [5, 5.41) is 16.2. The van der Waals surface area contributed by atoms with Gasteiger partial charge in [0.1, 0.15) is 11.7 Å². The second-order valence-corrected chi connectivity index (χ2v) is 6.47. The number of amides is 2. The van der Waals surface area contributed by atoms with E-state index in [4.69, 9.17) is 4.74 Å². The van der Waals surface area contributed by atoms with Crippen molar-refractivity contribution in [3.8, 4) is 11.3 Å². The van der Waals surface area contributed by atoms with Gasteiger partial charge in [-0.2, -0.15) is 5.10 Å². The van der Waals surface area contributed by atoms with E-state index in [2.05, 4.69) is 10.4 Å². The Labute approximate surface area is 161 Å². The number of nitrogens with zero attached hydrogens (tertiary/aromatic N) is 3. The largest absolute Gasteiger partial charge is 0.480 e. The maximum atomic E-state index is 12.6. The van der Waals surface area contributed by atoms with E-state index in [0.29, 0.717) is 32.0 Å². The van der Waals surface area contributed by atoms with Crippen LogP contribution in [-0.4, -0.2) is 69.9 Å². The summed E-state index contributed by atoms with van der Waals surface area (Å²) < 4.78 is 6.58. The van der Waals surface area contributed by atoms with Crippen LogP contribution in [0, 0.1) is 0 Å². The van der Waals surface area contributed by atoms with Crippen molar-refractivity contribution in [1.29, 1.82) is 0 Å². The van der Waals surface area contributed by atoms with Crippen LogP contribution in [0.3, 0.4) is 0 Å². The van der Waals surface area contributed by atoms with E-state index in [0.717, 1.165) is 5.56 Å². The Bertz CT molecular complexity index is 858. The third-order valence-electron chi connectivity index (χ3n) is 4.53. The summed E-state index contributed by atoms with van der Waals surface area (Å²) >= 11 is 0. The number of nitrogens with one attached hydrogen (secondary N) is 1. The lowest BCUT2D eigenvalue weighted by Crippen LogP contribution is -2.47. The highest BCUT2D eigenvalue weighted by atomic mass is 16.5. The van der Waals surface area contributed by atoms with Crippen molar-refractivity contribution in [3.63, 3.8) is 0 Å². The average molecular weight is 386 g/mol. The maximum Gasteiger partial charge on any atom is 0.326 e. The fourth-order valence-electron chi connectivity index (χ4n) is 2.98. The SMILES string of the molecule is Cn1nc(-c2ccccc2)cc1C(=O)N[C@H](CC(=O)N1CCOCC1)C(=O)O. The highest BCUT2D eigenvalue weighted by Gasteiger charge is 2.28. The molecule has 3 rings (SSSR count). The van der Waals surface area contributed by atoms with Crippen molar-refractivity contribution in [3.05, 3.63) is 42.1 Å². The van der Waals surface area contributed by atoms with Crippen LogP contribution in [0.1, 0.15) is 16.9 Å². The molecule has 1 aliphatic rings. The molecule has 9 heteroatoms. The van der Waals surface area contributed by atoms with Crippen molar-refractivity contribution in [1.82, 2.24) is 20.0 Å². The summed E-state index contributed by atoms with van der Waals surface area (Å²) in [6.45, 7) is 1.68. The molecule has 2 aromatic rings. The quantitative estimate of drug-likeness (QED) is 0.748. The number of carboxylic acids is 1. The van der Waals surface area contributed by atoms with E-state index in [-0.39, 0.29) is 18.0 Å². The molecule has 1 fully saturated rings. The summed E-state index contributed by atoms with van der Waals surface area (Å²) in [5.41, 5.74) is 1.66. The molecule has 1 aromatic heterocycles. The molecule has 148 valence electrons. The number of carbonyl (C=O) groups is 3. The Kier molecular flexibility index (Phi) is 6.05. The molecule has 0 spiro atoms. The van der Waals surface area contributed by atoms with Crippen LogP contribution in [0.15, 0.2) is 36.4 Å². The van der Waals surface area contributed by atoms with Gasteiger partial charge >= 0.3 is 5.97 Å². The van der Waals surface area contributed by atoms with E-state index in [1.807, 2.05) is 30.3 Å². The number of hydrogen-bond acceptors (Lipinski definition) is 5. The first-order valence-corrected chi connectivity index (χ1v) is 8.94. The summed E-state index contributed by atoms with van der Waals surface area (Å²) in [6.07, 6.45) is -0.315. The van der Waals surface area contributed by atoms with Gasteiger partial charge in [0.15, 0.2) is 0 Å². The van der Waals surface area contributed by atoms with Crippen molar-refractivity contribution in [2.75, 3.05) is 26.3 Å². The summed E-state index contributed by atoms with van der Waals surface area (Å²) in [4.78, 5) is 38.0. The lowest BCUT2D eigenvalue weighted by atomic mass is 10.1. The van der Waals surface area contributed by atoms with Crippen molar-refractivity contribution < 1.29 is 24.2 Å². The molecule has 28 heavy (non-hydrogen) atoms. The molecule has 0 bridgehead atoms. The first kappa shape index (κ1) is 19.6. The number of aromatic nitrogens is 2. The van der Waals surface area contributed by atoms with Crippen molar-refractivity contribution in [2.45, 2.75) is 12.5 Å². The standard InChI is InChI=1S/C19H22N4O5/c1-22-16(11-14(21-22)13-5-3-2-4-6-13)18(25)20-15(19(26)27)12-17(24)23-7-9-28-10-8-23/h2-6,11,15H,7-10,12H2,1H3,(H,20,25)(H,26,27)/t15-/m1/s1. The highest BCUT2D eigenvalue weighted by Crippen LogP contribution is 2.18. The number of carboxylic acid groups (broad SMARTS) is 1. The molecule has 1 saturated heterocycles.